The predicted octanol–water partition coefficient (Wildman–Crippen LogP) is 2.66. The summed E-state index contributed by atoms with van der Waals surface area (Å²) in [5, 5.41) is 6.18. The van der Waals surface area contributed by atoms with E-state index in [1.54, 1.807) is 23.1 Å². The molecule has 2 aromatic rings. The van der Waals surface area contributed by atoms with Gasteiger partial charge in [-0.3, -0.25) is 14.9 Å². The Morgan fingerprint density at radius 2 is 1.78 bits per heavy atom. The SMILES string of the molecule is CCc1ccc(NC(=O)OCC2(C(=O)NCc3ccccc3Cl)CCN(C(=O)C(N)CN)CC2)cc1. The highest BCUT2D eigenvalue weighted by Gasteiger charge is 2.44. The first-order valence-electron chi connectivity index (χ1n) is 12.1. The van der Waals surface area contributed by atoms with Gasteiger partial charge in [0.05, 0.1) is 11.5 Å². The third-order valence-corrected chi connectivity index (χ3v) is 6.94. The number of nitrogens with two attached hydrogens (primary N) is 2. The van der Waals surface area contributed by atoms with Gasteiger partial charge in [0, 0.05) is 36.9 Å². The zero-order valence-electron chi connectivity index (χ0n) is 20.5. The number of carbonyl (C=O) groups excluding carboxylic acids is 3. The Kier molecular flexibility index (Phi) is 9.69. The molecule has 1 aliphatic rings. The molecule has 1 unspecified atom stereocenters. The number of nitrogens with zero attached hydrogens (tertiary/aromatic N) is 1. The highest BCUT2D eigenvalue weighted by Crippen LogP contribution is 2.33. The van der Waals surface area contributed by atoms with Gasteiger partial charge in [-0.2, -0.15) is 0 Å². The number of hydrogen-bond acceptors (Lipinski definition) is 6. The molecule has 0 radical (unpaired) electrons. The normalized spacial score (nSPS) is 15.6. The molecule has 9 nitrogen and oxygen atoms in total. The molecule has 194 valence electrons. The van der Waals surface area contributed by atoms with Crippen molar-refractivity contribution >= 4 is 35.2 Å². The number of nitrogens with one attached hydrogen (secondary N) is 2. The average molecular weight is 516 g/mol. The van der Waals surface area contributed by atoms with Crippen LogP contribution in [-0.4, -0.2) is 55.1 Å². The maximum absolute atomic E-state index is 13.4. The van der Waals surface area contributed by atoms with Crippen LogP contribution in [0.2, 0.25) is 5.02 Å². The summed E-state index contributed by atoms with van der Waals surface area (Å²) in [5.74, 6) is -0.519. The number of carbonyl (C=O) groups is 3. The molecule has 0 aliphatic carbocycles. The Hall–Kier alpha value is -3.14. The van der Waals surface area contributed by atoms with E-state index in [-0.39, 0.29) is 31.5 Å². The van der Waals surface area contributed by atoms with Crippen molar-refractivity contribution in [1.29, 1.82) is 0 Å². The van der Waals surface area contributed by atoms with Crippen LogP contribution < -0.4 is 22.1 Å². The van der Waals surface area contributed by atoms with Gasteiger partial charge in [0.1, 0.15) is 6.61 Å². The Morgan fingerprint density at radius 1 is 1.11 bits per heavy atom. The fraction of sp³-hybridized carbons (Fsp3) is 0.423. The number of benzene rings is 2. The highest BCUT2D eigenvalue weighted by molar-refractivity contribution is 6.31. The number of halogens is 1. The minimum Gasteiger partial charge on any atom is -0.448 e. The molecule has 3 rings (SSSR count). The molecule has 2 aromatic carbocycles. The summed E-state index contributed by atoms with van der Waals surface area (Å²) < 4.78 is 5.52. The second-order valence-electron chi connectivity index (χ2n) is 8.97. The number of aryl methyl sites for hydroxylation is 1. The number of hydrogen-bond donors (Lipinski definition) is 4. The summed E-state index contributed by atoms with van der Waals surface area (Å²) in [6.45, 7) is 2.80. The Labute approximate surface area is 216 Å². The van der Waals surface area contributed by atoms with Crippen LogP contribution in [-0.2, 0) is 27.3 Å². The summed E-state index contributed by atoms with van der Waals surface area (Å²) >= 11 is 6.23. The van der Waals surface area contributed by atoms with Gasteiger partial charge in [0.25, 0.3) is 0 Å². The molecule has 0 bridgehead atoms. The van der Waals surface area contributed by atoms with Crippen LogP contribution >= 0.6 is 11.6 Å². The van der Waals surface area contributed by atoms with Gasteiger partial charge in [-0.05, 0) is 48.6 Å². The molecule has 1 aliphatic heterocycles. The highest BCUT2D eigenvalue weighted by atomic mass is 35.5. The van der Waals surface area contributed by atoms with Gasteiger partial charge in [-0.15, -0.1) is 0 Å². The van der Waals surface area contributed by atoms with Gasteiger partial charge in [0.2, 0.25) is 11.8 Å². The standard InChI is InChI=1S/C26H34ClN5O4/c1-2-18-7-9-20(10-8-18)31-25(35)36-17-26(11-13-32(14-12-26)23(33)22(29)15-28)24(34)30-16-19-5-3-4-6-21(19)27/h3-10,22H,2,11-17,28-29H2,1H3,(H,30,34)(H,31,35). The fourth-order valence-corrected chi connectivity index (χ4v) is 4.32. The van der Waals surface area contributed by atoms with Gasteiger partial charge in [-0.25, -0.2) is 4.79 Å². The largest absolute Gasteiger partial charge is 0.448 e. The van der Waals surface area contributed by atoms with Crippen LogP contribution in [0.1, 0.15) is 30.9 Å². The lowest BCUT2D eigenvalue weighted by Crippen LogP contribution is -2.55. The van der Waals surface area contributed by atoms with Crippen LogP contribution in [0.25, 0.3) is 0 Å². The van der Waals surface area contributed by atoms with Crippen molar-refractivity contribution in [3.05, 3.63) is 64.7 Å². The lowest BCUT2D eigenvalue weighted by molar-refractivity contribution is -0.143. The van der Waals surface area contributed by atoms with Crippen LogP contribution in [0.3, 0.4) is 0 Å². The van der Waals surface area contributed by atoms with E-state index in [9.17, 15) is 14.4 Å². The lowest BCUT2D eigenvalue weighted by atomic mass is 9.78. The van der Waals surface area contributed by atoms with E-state index < -0.39 is 17.6 Å². The van der Waals surface area contributed by atoms with Crippen LogP contribution in [0.15, 0.2) is 48.5 Å². The maximum atomic E-state index is 13.4. The van der Waals surface area contributed by atoms with Crippen molar-refractivity contribution < 1.29 is 19.1 Å². The molecular weight excluding hydrogens is 482 g/mol. The average Bonchev–Trinajstić information content (AvgIpc) is 2.91. The molecular formula is C26H34ClN5O4. The van der Waals surface area contributed by atoms with Crippen molar-refractivity contribution in [3.8, 4) is 0 Å². The Bertz CT molecular complexity index is 1050. The summed E-state index contributed by atoms with van der Waals surface area (Å²) in [5.41, 5.74) is 12.9. The molecule has 0 aromatic heterocycles. The first-order valence-corrected chi connectivity index (χ1v) is 12.4. The van der Waals surface area contributed by atoms with E-state index in [0.717, 1.165) is 17.5 Å². The monoisotopic (exact) mass is 515 g/mol. The van der Waals surface area contributed by atoms with Crippen molar-refractivity contribution in [2.75, 3.05) is 31.6 Å². The summed E-state index contributed by atoms with van der Waals surface area (Å²) in [6, 6.07) is 13.9. The predicted molar refractivity (Wildman–Crippen MR) is 139 cm³/mol. The lowest BCUT2D eigenvalue weighted by Gasteiger charge is -2.40. The third kappa shape index (κ3) is 6.96. The van der Waals surface area contributed by atoms with Gasteiger partial charge in [0.15, 0.2) is 0 Å². The number of amides is 3. The second-order valence-corrected chi connectivity index (χ2v) is 9.38. The molecule has 1 saturated heterocycles. The molecule has 6 N–H and O–H groups in total. The van der Waals surface area contributed by atoms with E-state index in [1.165, 1.54) is 0 Å². The quantitative estimate of drug-likeness (QED) is 0.405. The van der Waals surface area contributed by atoms with E-state index >= 15 is 0 Å². The topological polar surface area (TPSA) is 140 Å². The summed E-state index contributed by atoms with van der Waals surface area (Å²) in [7, 11) is 0. The third-order valence-electron chi connectivity index (χ3n) is 6.57. The Balaban J connectivity index is 1.67. The van der Waals surface area contributed by atoms with E-state index in [2.05, 4.69) is 17.6 Å². The molecule has 0 saturated carbocycles. The second kappa shape index (κ2) is 12.7. The fourth-order valence-electron chi connectivity index (χ4n) is 4.11. The number of piperidine rings is 1. The zero-order valence-corrected chi connectivity index (χ0v) is 21.2. The number of likely N-dealkylation sites (tertiary alicyclic amines) is 1. The number of ether oxygens (including phenoxy) is 1. The number of rotatable bonds is 9. The smallest absolute Gasteiger partial charge is 0.411 e. The van der Waals surface area contributed by atoms with Gasteiger partial charge >= 0.3 is 6.09 Å². The Morgan fingerprint density at radius 3 is 2.39 bits per heavy atom. The molecule has 1 atom stereocenters. The van der Waals surface area contributed by atoms with Gasteiger partial charge in [-0.1, -0.05) is 48.9 Å². The minimum atomic E-state index is -1.01. The molecule has 10 heteroatoms. The molecule has 3 amide bonds. The zero-order chi connectivity index (χ0) is 26.1. The molecule has 1 heterocycles. The van der Waals surface area contributed by atoms with Gasteiger partial charge < -0.3 is 26.4 Å². The minimum absolute atomic E-state index is 0.0430. The van der Waals surface area contributed by atoms with E-state index in [4.69, 9.17) is 27.8 Å². The van der Waals surface area contributed by atoms with Crippen molar-refractivity contribution in [2.24, 2.45) is 16.9 Å². The van der Waals surface area contributed by atoms with Crippen LogP contribution in [0, 0.1) is 5.41 Å². The summed E-state index contributed by atoms with van der Waals surface area (Å²) in [6.07, 6.45) is 0.860. The molecule has 36 heavy (non-hydrogen) atoms. The van der Waals surface area contributed by atoms with Crippen LogP contribution in [0.5, 0.6) is 0 Å². The van der Waals surface area contributed by atoms with Crippen molar-refractivity contribution in [3.63, 3.8) is 0 Å². The number of anilines is 1. The van der Waals surface area contributed by atoms with E-state index in [0.29, 0.717) is 36.6 Å². The molecule has 0 spiro atoms. The molecule has 1 fully saturated rings. The first-order chi connectivity index (χ1) is 17.3. The maximum Gasteiger partial charge on any atom is 0.411 e. The van der Waals surface area contributed by atoms with E-state index in [1.807, 2.05) is 30.3 Å². The summed E-state index contributed by atoms with van der Waals surface area (Å²) in [4.78, 5) is 40.0. The van der Waals surface area contributed by atoms with Crippen LogP contribution in [0.4, 0.5) is 10.5 Å². The van der Waals surface area contributed by atoms with Crippen molar-refractivity contribution in [1.82, 2.24) is 10.2 Å². The first kappa shape index (κ1) is 27.4. The van der Waals surface area contributed by atoms with Crippen molar-refractivity contribution in [2.45, 2.75) is 38.8 Å².